The van der Waals surface area contributed by atoms with Crippen molar-refractivity contribution in [1.29, 1.82) is 0 Å². The van der Waals surface area contributed by atoms with Crippen molar-refractivity contribution in [2.75, 3.05) is 7.05 Å². The minimum atomic E-state index is 0.493. The van der Waals surface area contributed by atoms with Crippen LogP contribution in [0.1, 0.15) is 12.5 Å². The third-order valence-corrected chi connectivity index (χ3v) is 2.45. The van der Waals surface area contributed by atoms with Gasteiger partial charge in [0.05, 0.1) is 6.20 Å². The van der Waals surface area contributed by atoms with Crippen LogP contribution in [0.3, 0.4) is 0 Å². The molecule has 1 N–H and O–H groups in total. The highest BCUT2D eigenvalue weighted by Gasteiger charge is 2.03. The number of aromatic nitrogens is 1. The van der Waals surface area contributed by atoms with E-state index in [9.17, 15) is 0 Å². The number of nitrogens with one attached hydrogen (secondary N) is 1. The standard InChI is InChI=1S/C11H14N2O/c1-8(12-2)5-9-3-4-11-10(6-9)7-13-14-11/h3-4,6-8,12H,5H2,1-2H3. The number of fused-ring (bicyclic) bond motifs is 1. The fourth-order valence-corrected chi connectivity index (χ4v) is 1.50. The van der Waals surface area contributed by atoms with E-state index >= 15 is 0 Å². The van der Waals surface area contributed by atoms with Gasteiger partial charge in [-0.1, -0.05) is 11.2 Å². The zero-order valence-electron chi connectivity index (χ0n) is 8.45. The highest BCUT2D eigenvalue weighted by atomic mass is 16.5. The molecule has 0 amide bonds. The molecular formula is C11H14N2O. The summed E-state index contributed by atoms with van der Waals surface area (Å²) >= 11 is 0. The quantitative estimate of drug-likeness (QED) is 0.804. The van der Waals surface area contributed by atoms with E-state index in [1.165, 1.54) is 5.56 Å². The minimum absolute atomic E-state index is 0.493. The van der Waals surface area contributed by atoms with Gasteiger partial charge in [0, 0.05) is 11.4 Å². The van der Waals surface area contributed by atoms with Crippen LogP contribution in [0.4, 0.5) is 0 Å². The lowest BCUT2D eigenvalue weighted by atomic mass is 10.1. The SMILES string of the molecule is CNC(C)Cc1ccc2oncc2c1. The van der Waals surface area contributed by atoms with Crippen LogP contribution >= 0.6 is 0 Å². The van der Waals surface area contributed by atoms with Gasteiger partial charge in [-0.25, -0.2) is 0 Å². The van der Waals surface area contributed by atoms with E-state index in [2.05, 4.69) is 29.5 Å². The van der Waals surface area contributed by atoms with Crippen LogP contribution < -0.4 is 5.32 Å². The first-order valence-electron chi connectivity index (χ1n) is 4.80. The van der Waals surface area contributed by atoms with Gasteiger partial charge in [-0.05, 0) is 38.1 Å². The number of hydrogen-bond donors (Lipinski definition) is 1. The summed E-state index contributed by atoms with van der Waals surface area (Å²) in [5, 5.41) is 8.04. The molecule has 14 heavy (non-hydrogen) atoms. The van der Waals surface area contributed by atoms with Crippen LogP contribution in [0.25, 0.3) is 11.0 Å². The molecule has 0 saturated heterocycles. The molecule has 0 aliphatic heterocycles. The molecule has 0 aliphatic rings. The Morgan fingerprint density at radius 1 is 1.50 bits per heavy atom. The summed E-state index contributed by atoms with van der Waals surface area (Å²) in [6, 6.07) is 6.67. The second-order valence-corrected chi connectivity index (χ2v) is 3.59. The molecule has 1 aromatic heterocycles. The normalized spacial score (nSPS) is 13.3. The predicted molar refractivity (Wildman–Crippen MR) is 56.2 cm³/mol. The van der Waals surface area contributed by atoms with Crippen molar-refractivity contribution >= 4 is 11.0 Å². The Hall–Kier alpha value is -1.35. The molecule has 1 heterocycles. The summed E-state index contributed by atoms with van der Waals surface area (Å²) in [4.78, 5) is 0. The maximum atomic E-state index is 5.04. The smallest absolute Gasteiger partial charge is 0.166 e. The fraction of sp³-hybridized carbons (Fsp3) is 0.364. The fourth-order valence-electron chi connectivity index (χ4n) is 1.50. The molecule has 0 fully saturated rings. The average Bonchev–Trinajstić information content (AvgIpc) is 2.64. The molecule has 2 aromatic rings. The van der Waals surface area contributed by atoms with Gasteiger partial charge in [0.2, 0.25) is 0 Å². The van der Waals surface area contributed by atoms with Gasteiger partial charge in [0.25, 0.3) is 0 Å². The second-order valence-electron chi connectivity index (χ2n) is 3.59. The number of likely N-dealkylation sites (N-methyl/N-ethyl adjacent to an activating group) is 1. The zero-order chi connectivity index (χ0) is 9.97. The van der Waals surface area contributed by atoms with Gasteiger partial charge < -0.3 is 9.84 Å². The van der Waals surface area contributed by atoms with Crippen molar-refractivity contribution in [3.05, 3.63) is 30.0 Å². The highest BCUT2D eigenvalue weighted by Crippen LogP contribution is 2.15. The van der Waals surface area contributed by atoms with Crippen molar-refractivity contribution in [3.8, 4) is 0 Å². The van der Waals surface area contributed by atoms with Gasteiger partial charge >= 0.3 is 0 Å². The molecule has 2 rings (SSSR count). The number of hydrogen-bond acceptors (Lipinski definition) is 3. The first-order chi connectivity index (χ1) is 6.79. The average molecular weight is 190 g/mol. The monoisotopic (exact) mass is 190 g/mol. The van der Waals surface area contributed by atoms with E-state index < -0.39 is 0 Å². The van der Waals surface area contributed by atoms with Crippen LogP contribution in [0.2, 0.25) is 0 Å². The third-order valence-electron chi connectivity index (χ3n) is 2.45. The lowest BCUT2D eigenvalue weighted by Gasteiger charge is -2.09. The molecule has 0 aliphatic carbocycles. The lowest BCUT2D eigenvalue weighted by molar-refractivity contribution is 0.456. The van der Waals surface area contributed by atoms with E-state index in [1.807, 2.05) is 13.1 Å². The Morgan fingerprint density at radius 2 is 2.36 bits per heavy atom. The summed E-state index contributed by atoms with van der Waals surface area (Å²) < 4.78 is 5.04. The molecule has 0 radical (unpaired) electrons. The Bertz CT molecular complexity index is 422. The molecule has 1 aromatic carbocycles. The topological polar surface area (TPSA) is 38.1 Å². The maximum absolute atomic E-state index is 5.04. The Morgan fingerprint density at radius 3 is 3.14 bits per heavy atom. The van der Waals surface area contributed by atoms with Crippen molar-refractivity contribution in [3.63, 3.8) is 0 Å². The molecule has 1 atom stereocenters. The zero-order valence-corrected chi connectivity index (χ0v) is 8.45. The van der Waals surface area contributed by atoms with Gasteiger partial charge in [-0.15, -0.1) is 0 Å². The largest absolute Gasteiger partial charge is 0.356 e. The van der Waals surface area contributed by atoms with E-state index in [0.717, 1.165) is 17.4 Å². The van der Waals surface area contributed by atoms with E-state index in [0.29, 0.717) is 6.04 Å². The van der Waals surface area contributed by atoms with Crippen LogP contribution in [-0.2, 0) is 6.42 Å². The summed E-state index contributed by atoms with van der Waals surface area (Å²) in [6.07, 6.45) is 2.78. The molecule has 0 saturated carbocycles. The van der Waals surface area contributed by atoms with Gasteiger partial charge in [-0.2, -0.15) is 0 Å². The third kappa shape index (κ3) is 1.77. The summed E-state index contributed by atoms with van der Waals surface area (Å²) in [7, 11) is 1.97. The number of nitrogens with zero attached hydrogens (tertiary/aromatic N) is 1. The Labute approximate surface area is 83.1 Å². The number of rotatable bonds is 3. The first kappa shape index (κ1) is 9.21. The van der Waals surface area contributed by atoms with Crippen molar-refractivity contribution in [2.24, 2.45) is 0 Å². The van der Waals surface area contributed by atoms with Crippen LogP contribution in [0, 0.1) is 0 Å². The van der Waals surface area contributed by atoms with Crippen LogP contribution in [0.5, 0.6) is 0 Å². The number of benzene rings is 1. The predicted octanol–water partition coefficient (Wildman–Crippen LogP) is 1.98. The Kier molecular flexibility index (Phi) is 2.50. The van der Waals surface area contributed by atoms with E-state index in [4.69, 9.17) is 4.52 Å². The van der Waals surface area contributed by atoms with Crippen molar-refractivity contribution in [2.45, 2.75) is 19.4 Å². The molecule has 0 bridgehead atoms. The van der Waals surface area contributed by atoms with Gasteiger partial charge in [0.1, 0.15) is 0 Å². The Balaban J connectivity index is 2.25. The molecule has 1 unspecified atom stereocenters. The van der Waals surface area contributed by atoms with Gasteiger partial charge in [0.15, 0.2) is 5.58 Å². The molecule has 74 valence electrons. The second kappa shape index (κ2) is 3.80. The van der Waals surface area contributed by atoms with Gasteiger partial charge in [-0.3, -0.25) is 0 Å². The van der Waals surface area contributed by atoms with Crippen LogP contribution in [0.15, 0.2) is 28.9 Å². The summed E-state index contributed by atoms with van der Waals surface area (Å²) in [5.74, 6) is 0. The summed E-state index contributed by atoms with van der Waals surface area (Å²) in [6.45, 7) is 2.16. The molecule has 3 nitrogen and oxygen atoms in total. The molecule has 3 heteroatoms. The first-order valence-corrected chi connectivity index (χ1v) is 4.80. The minimum Gasteiger partial charge on any atom is -0.356 e. The van der Waals surface area contributed by atoms with Crippen LogP contribution in [-0.4, -0.2) is 18.2 Å². The maximum Gasteiger partial charge on any atom is 0.166 e. The highest BCUT2D eigenvalue weighted by molar-refractivity contribution is 5.76. The van der Waals surface area contributed by atoms with Crippen molar-refractivity contribution < 1.29 is 4.52 Å². The molecule has 0 spiro atoms. The van der Waals surface area contributed by atoms with Crippen molar-refractivity contribution in [1.82, 2.24) is 10.5 Å². The summed E-state index contributed by atoms with van der Waals surface area (Å²) in [5.41, 5.74) is 2.16. The van der Waals surface area contributed by atoms with E-state index in [-0.39, 0.29) is 0 Å². The molecular weight excluding hydrogens is 176 g/mol. The lowest BCUT2D eigenvalue weighted by Crippen LogP contribution is -2.23. The van der Waals surface area contributed by atoms with E-state index in [1.54, 1.807) is 6.20 Å².